The van der Waals surface area contributed by atoms with Gasteiger partial charge in [-0.1, -0.05) is 25.1 Å². The number of carbonyl (C=O) groups is 1. The summed E-state index contributed by atoms with van der Waals surface area (Å²) in [6, 6.07) is 7.47. The lowest BCUT2D eigenvalue weighted by Gasteiger charge is -2.06. The van der Waals surface area contributed by atoms with Crippen LogP contribution in [0.4, 0.5) is 0 Å². The molecule has 0 aliphatic rings. The van der Waals surface area contributed by atoms with Crippen LogP contribution in [0.5, 0.6) is 0 Å². The first-order chi connectivity index (χ1) is 8.24. The van der Waals surface area contributed by atoms with Gasteiger partial charge in [0.25, 0.3) is 0 Å². The van der Waals surface area contributed by atoms with E-state index in [-0.39, 0.29) is 0 Å². The average molecular weight is 226 g/mol. The first-order valence-corrected chi connectivity index (χ1v) is 5.62. The first kappa shape index (κ1) is 11.5. The molecule has 2 rings (SSSR count). The number of hydrogen-bond acceptors (Lipinski definition) is 3. The van der Waals surface area contributed by atoms with Crippen LogP contribution >= 0.6 is 0 Å². The van der Waals surface area contributed by atoms with E-state index in [2.05, 4.69) is 9.97 Å². The second-order valence-electron chi connectivity index (χ2n) is 3.88. The number of aryl methyl sites for hydroxylation is 2. The lowest BCUT2D eigenvalue weighted by atomic mass is 10.0. The molecule has 3 heteroatoms. The van der Waals surface area contributed by atoms with E-state index in [0.717, 1.165) is 35.4 Å². The van der Waals surface area contributed by atoms with Crippen molar-refractivity contribution < 1.29 is 4.79 Å². The van der Waals surface area contributed by atoms with Gasteiger partial charge < -0.3 is 0 Å². The van der Waals surface area contributed by atoms with Gasteiger partial charge in [0.05, 0.1) is 0 Å². The number of benzene rings is 1. The molecule has 1 heterocycles. The van der Waals surface area contributed by atoms with Crippen LogP contribution in [0.3, 0.4) is 0 Å². The Bertz CT molecular complexity index is 550. The van der Waals surface area contributed by atoms with Crippen LogP contribution in [-0.2, 0) is 6.42 Å². The van der Waals surface area contributed by atoms with Crippen LogP contribution < -0.4 is 0 Å². The van der Waals surface area contributed by atoms with E-state index in [1.807, 2.05) is 38.2 Å². The summed E-state index contributed by atoms with van der Waals surface area (Å²) in [5.74, 6) is 0.845. The summed E-state index contributed by atoms with van der Waals surface area (Å²) in [5, 5.41) is 0. The minimum Gasteiger partial charge on any atom is -0.298 e. The SMILES string of the molecule is CCc1ncc(-c2cccc(C=O)c2)c(C)n1. The van der Waals surface area contributed by atoms with Gasteiger partial charge in [-0.05, 0) is 18.6 Å². The topological polar surface area (TPSA) is 42.9 Å². The Morgan fingerprint density at radius 3 is 2.82 bits per heavy atom. The van der Waals surface area contributed by atoms with Crippen molar-refractivity contribution in [2.75, 3.05) is 0 Å². The highest BCUT2D eigenvalue weighted by Crippen LogP contribution is 2.21. The molecule has 86 valence electrons. The van der Waals surface area contributed by atoms with Crippen molar-refractivity contribution in [2.45, 2.75) is 20.3 Å². The van der Waals surface area contributed by atoms with Crippen molar-refractivity contribution in [3.05, 3.63) is 47.5 Å². The van der Waals surface area contributed by atoms with Crippen LogP contribution in [-0.4, -0.2) is 16.3 Å². The number of aldehydes is 1. The maximum absolute atomic E-state index is 10.7. The van der Waals surface area contributed by atoms with Crippen molar-refractivity contribution in [1.29, 1.82) is 0 Å². The predicted molar refractivity (Wildman–Crippen MR) is 67.0 cm³/mol. The standard InChI is InChI=1S/C14H14N2O/c1-3-14-15-8-13(10(2)16-14)12-6-4-5-11(7-12)9-17/h4-9H,3H2,1-2H3. The lowest BCUT2D eigenvalue weighted by molar-refractivity contribution is 0.112. The van der Waals surface area contributed by atoms with Crippen LogP contribution in [0.15, 0.2) is 30.5 Å². The number of carbonyl (C=O) groups excluding carboxylic acids is 1. The van der Waals surface area contributed by atoms with E-state index in [4.69, 9.17) is 0 Å². The summed E-state index contributed by atoms with van der Waals surface area (Å²) in [6.45, 7) is 3.99. The maximum atomic E-state index is 10.7. The van der Waals surface area contributed by atoms with Gasteiger partial charge in [0.15, 0.2) is 0 Å². The molecule has 0 bridgehead atoms. The molecule has 0 atom stereocenters. The third-order valence-electron chi connectivity index (χ3n) is 2.68. The lowest BCUT2D eigenvalue weighted by Crippen LogP contribution is -1.97. The number of rotatable bonds is 3. The van der Waals surface area contributed by atoms with Gasteiger partial charge in [-0.15, -0.1) is 0 Å². The maximum Gasteiger partial charge on any atom is 0.150 e. The number of hydrogen-bond donors (Lipinski definition) is 0. The van der Waals surface area contributed by atoms with Gasteiger partial charge in [-0.2, -0.15) is 0 Å². The van der Waals surface area contributed by atoms with Crippen LogP contribution in [0.1, 0.15) is 28.8 Å². The van der Waals surface area contributed by atoms with Gasteiger partial charge in [-0.25, -0.2) is 9.97 Å². The Labute approximate surface area is 101 Å². The van der Waals surface area contributed by atoms with Crippen LogP contribution in [0.2, 0.25) is 0 Å². The largest absolute Gasteiger partial charge is 0.298 e. The summed E-state index contributed by atoms with van der Waals surface area (Å²) in [6.07, 6.45) is 3.50. The highest BCUT2D eigenvalue weighted by atomic mass is 16.1. The average Bonchev–Trinajstić information content (AvgIpc) is 2.38. The zero-order valence-corrected chi connectivity index (χ0v) is 9.97. The molecule has 0 spiro atoms. The summed E-state index contributed by atoms with van der Waals surface area (Å²) in [7, 11) is 0. The highest BCUT2D eigenvalue weighted by Gasteiger charge is 2.05. The summed E-state index contributed by atoms with van der Waals surface area (Å²) >= 11 is 0. The quantitative estimate of drug-likeness (QED) is 0.756. The van der Waals surface area contributed by atoms with E-state index in [0.29, 0.717) is 5.56 Å². The molecule has 3 nitrogen and oxygen atoms in total. The van der Waals surface area contributed by atoms with E-state index >= 15 is 0 Å². The fourth-order valence-electron chi connectivity index (χ4n) is 1.75. The summed E-state index contributed by atoms with van der Waals surface area (Å²) in [5.41, 5.74) is 3.57. The van der Waals surface area contributed by atoms with Gasteiger partial charge in [-0.3, -0.25) is 4.79 Å². The zero-order chi connectivity index (χ0) is 12.3. The number of aromatic nitrogens is 2. The third kappa shape index (κ3) is 2.38. The molecule has 17 heavy (non-hydrogen) atoms. The zero-order valence-electron chi connectivity index (χ0n) is 9.97. The molecule has 0 saturated carbocycles. The summed E-state index contributed by atoms with van der Waals surface area (Å²) < 4.78 is 0. The smallest absolute Gasteiger partial charge is 0.150 e. The second kappa shape index (κ2) is 4.87. The molecular weight excluding hydrogens is 212 g/mol. The second-order valence-corrected chi connectivity index (χ2v) is 3.88. The molecule has 0 fully saturated rings. The number of nitrogens with zero attached hydrogens (tertiary/aromatic N) is 2. The van der Waals surface area contributed by atoms with Gasteiger partial charge in [0, 0.05) is 29.4 Å². The van der Waals surface area contributed by atoms with E-state index in [1.165, 1.54) is 0 Å². The Morgan fingerprint density at radius 2 is 2.18 bits per heavy atom. The fourth-order valence-corrected chi connectivity index (χ4v) is 1.75. The molecule has 0 aliphatic carbocycles. The van der Waals surface area contributed by atoms with Gasteiger partial charge in [0.2, 0.25) is 0 Å². The van der Waals surface area contributed by atoms with Crippen LogP contribution in [0.25, 0.3) is 11.1 Å². The molecule has 1 aromatic heterocycles. The molecule has 1 aromatic carbocycles. The molecule has 0 N–H and O–H groups in total. The van der Waals surface area contributed by atoms with E-state index in [9.17, 15) is 4.79 Å². The summed E-state index contributed by atoms with van der Waals surface area (Å²) in [4.78, 5) is 19.5. The van der Waals surface area contributed by atoms with Gasteiger partial charge in [0.1, 0.15) is 12.1 Å². The van der Waals surface area contributed by atoms with Gasteiger partial charge >= 0.3 is 0 Å². The Balaban J connectivity index is 2.48. The molecule has 0 unspecified atom stereocenters. The van der Waals surface area contributed by atoms with E-state index in [1.54, 1.807) is 6.07 Å². The van der Waals surface area contributed by atoms with E-state index < -0.39 is 0 Å². The van der Waals surface area contributed by atoms with Crippen LogP contribution in [0, 0.1) is 6.92 Å². The van der Waals surface area contributed by atoms with Crippen molar-refractivity contribution in [1.82, 2.24) is 9.97 Å². The van der Waals surface area contributed by atoms with Crippen molar-refractivity contribution >= 4 is 6.29 Å². The molecule has 0 radical (unpaired) electrons. The first-order valence-electron chi connectivity index (χ1n) is 5.62. The monoisotopic (exact) mass is 226 g/mol. The highest BCUT2D eigenvalue weighted by molar-refractivity contribution is 5.79. The van der Waals surface area contributed by atoms with Crippen molar-refractivity contribution in [3.63, 3.8) is 0 Å². The van der Waals surface area contributed by atoms with Crippen molar-refractivity contribution in [3.8, 4) is 11.1 Å². The molecule has 2 aromatic rings. The Morgan fingerprint density at radius 1 is 1.35 bits per heavy atom. The third-order valence-corrected chi connectivity index (χ3v) is 2.68. The molecule has 0 aliphatic heterocycles. The molecule has 0 saturated heterocycles. The normalized spacial score (nSPS) is 10.2. The fraction of sp³-hybridized carbons (Fsp3) is 0.214. The van der Waals surface area contributed by atoms with Crippen molar-refractivity contribution in [2.24, 2.45) is 0 Å². The molecular formula is C14H14N2O. The Kier molecular flexibility index (Phi) is 3.28. The molecule has 0 amide bonds. The Hall–Kier alpha value is -2.03. The minimum atomic E-state index is 0.668. The minimum absolute atomic E-state index is 0.668. The predicted octanol–water partition coefficient (Wildman–Crippen LogP) is 2.83.